The van der Waals surface area contributed by atoms with Crippen LogP contribution in [0.2, 0.25) is 0 Å². The van der Waals surface area contributed by atoms with Gasteiger partial charge in [0.15, 0.2) is 17.4 Å². The molecule has 1 N–H and O–H groups in total. The second-order valence-electron chi connectivity index (χ2n) is 2.60. The Morgan fingerprint density at radius 2 is 2.00 bits per heavy atom. The summed E-state index contributed by atoms with van der Waals surface area (Å²) in [5.74, 6) is -4.39. The van der Waals surface area contributed by atoms with Crippen LogP contribution >= 0.6 is 0 Å². The Balaban J connectivity index is 3.50. The molecule has 0 fully saturated rings. The molecule has 0 amide bonds. The van der Waals surface area contributed by atoms with Gasteiger partial charge in [0.05, 0.1) is 0 Å². The predicted molar refractivity (Wildman–Crippen MR) is 42.9 cm³/mol. The van der Waals surface area contributed by atoms with E-state index in [2.05, 4.69) is 6.58 Å². The lowest BCUT2D eigenvalue weighted by molar-refractivity contribution is 0.394. The molecule has 0 aliphatic carbocycles. The Labute approximate surface area is 73.1 Å². The summed E-state index contributed by atoms with van der Waals surface area (Å²) in [7, 11) is 0. The molecule has 1 nitrogen and oxygen atoms in total. The van der Waals surface area contributed by atoms with Crippen molar-refractivity contribution in [2.45, 2.75) is 6.92 Å². The van der Waals surface area contributed by atoms with E-state index < -0.39 is 23.2 Å². The van der Waals surface area contributed by atoms with E-state index in [1.165, 1.54) is 6.92 Å². The van der Waals surface area contributed by atoms with Gasteiger partial charge in [-0.15, -0.1) is 0 Å². The molecule has 70 valence electrons. The summed E-state index contributed by atoms with van der Waals surface area (Å²) in [6.07, 6.45) is 0. The van der Waals surface area contributed by atoms with E-state index in [9.17, 15) is 13.2 Å². The van der Waals surface area contributed by atoms with Gasteiger partial charge in [-0.3, -0.25) is 0 Å². The highest BCUT2D eigenvalue weighted by atomic mass is 19.1. The lowest BCUT2D eigenvalue weighted by Crippen LogP contribution is -1.93. The Kier molecular flexibility index (Phi) is 2.32. The van der Waals surface area contributed by atoms with Gasteiger partial charge in [0.25, 0.3) is 0 Å². The van der Waals surface area contributed by atoms with E-state index in [0.29, 0.717) is 6.07 Å². The van der Waals surface area contributed by atoms with Gasteiger partial charge in [0.2, 0.25) is 0 Å². The van der Waals surface area contributed by atoms with Gasteiger partial charge in [0.1, 0.15) is 5.83 Å². The molecule has 1 rings (SSSR count). The van der Waals surface area contributed by atoms with Crippen LogP contribution in [0.25, 0.3) is 5.83 Å². The molecule has 4 heteroatoms. The minimum atomic E-state index is -1.20. The molecule has 0 spiro atoms. The second-order valence-corrected chi connectivity index (χ2v) is 2.60. The van der Waals surface area contributed by atoms with Crippen molar-refractivity contribution in [3.05, 3.63) is 35.4 Å². The first kappa shape index (κ1) is 9.64. The minimum absolute atomic E-state index is 0.161. The van der Waals surface area contributed by atoms with Crippen molar-refractivity contribution >= 4 is 5.83 Å². The zero-order chi connectivity index (χ0) is 10.2. The van der Waals surface area contributed by atoms with E-state index in [0.717, 1.165) is 0 Å². The van der Waals surface area contributed by atoms with Crippen LogP contribution in [0.15, 0.2) is 12.6 Å². The molecule has 0 aromatic heterocycles. The number of phenols is 1. The maximum absolute atomic E-state index is 12.9. The summed E-state index contributed by atoms with van der Waals surface area (Å²) in [5, 5.41) is 8.79. The topological polar surface area (TPSA) is 20.2 Å². The van der Waals surface area contributed by atoms with Crippen LogP contribution in [0.4, 0.5) is 13.2 Å². The zero-order valence-electron chi connectivity index (χ0n) is 6.87. The number of rotatable bonds is 1. The Morgan fingerprint density at radius 1 is 1.46 bits per heavy atom. The number of hydrogen-bond acceptors (Lipinski definition) is 1. The molecule has 0 unspecified atom stereocenters. The lowest BCUT2D eigenvalue weighted by Gasteiger charge is -2.06. The highest BCUT2D eigenvalue weighted by molar-refractivity contribution is 5.61. The summed E-state index contributed by atoms with van der Waals surface area (Å²) in [5.41, 5.74) is -0.431. The van der Waals surface area contributed by atoms with E-state index in [1.54, 1.807) is 0 Å². The van der Waals surface area contributed by atoms with Crippen molar-refractivity contribution in [1.82, 2.24) is 0 Å². The Bertz CT molecular complexity index is 372. The quantitative estimate of drug-likeness (QED) is 0.718. The van der Waals surface area contributed by atoms with Crippen molar-refractivity contribution in [3.63, 3.8) is 0 Å². The largest absolute Gasteiger partial charge is 0.503 e. The lowest BCUT2D eigenvalue weighted by atomic mass is 10.1. The van der Waals surface area contributed by atoms with E-state index in [1.807, 2.05) is 0 Å². The number of phenolic OH excluding ortho intramolecular Hbond substituents is 1. The van der Waals surface area contributed by atoms with Crippen molar-refractivity contribution in [2.24, 2.45) is 0 Å². The molecule has 1 aromatic carbocycles. The van der Waals surface area contributed by atoms with Crippen LogP contribution in [-0.4, -0.2) is 5.11 Å². The number of hydrogen-bond donors (Lipinski definition) is 1. The van der Waals surface area contributed by atoms with E-state index in [-0.39, 0.29) is 11.1 Å². The molecule has 0 saturated heterocycles. The van der Waals surface area contributed by atoms with Gasteiger partial charge in [0, 0.05) is 5.56 Å². The standard InChI is InChI=1S/C9H7F3O/c1-4-6(5(2)10)3-7(11)9(13)8(4)12/h3,13H,2H2,1H3. The molecule has 13 heavy (non-hydrogen) atoms. The van der Waals surface area contributed by atoms with Crippen LogP contribution in [0.1, 0.15) is 11.1 Å². The van der Waals surface area contributed by atoms with Crippen molar-refractivity contribution in [3.8, 4) is 5.75 Å². The molecule has 0 aliphatic rings. The number of benzene rings is 1. The van der Waals surface area contributed by atoms with Crippen molar-refractivity contribution in [1.29, 1.82) is 0 Å². The van der Waals surface area contributed by atoms with Crippen LogP contribution < -0.4 is 0 Å². The minimum Gasteiger partial charge on any atom is -0.503 e. The smallest absolute Gasteiger partial charge is 0.188 e. The first-order valence-corrected chi connectivity index (χ1v) is 3.47. The summed E-state index contributed by atoms with van der Waals surface area (Å²) in [4.78, 5) is 0. The molecule has 0 heterocycles. The molecular formula is C9H7F3O. The predicted octanol–water partition coefficient (Wildman–Crippen LogP) is 2.92. The fourth-order valence-electron chi connectivity index (χ4n) is 0.986. The van der Waals surface area contributed by atoms with Gasteiger partial charge in [-0.05, 0) is 18.6 Å². The van der Waals surface area contributed by atoms with Crippen LogP contribution in [0, 0.1) is 18.6 Å². The van der Waals surface area contributed by atoms with Crippen LogP contribution in [0.3, 0.4) is 0 Å². The first-order valence-electron chi connectivity index (χ1n) is 3.47. The summed E-state index contributed by atoms with van der Waals surface area (Å²) < 4.78 is 38.2. The molecule has 0 atom stereocenters. The van der Waals surface area contributed by atoms with Gasteiger partial charge in [-0.1, -0.05) is 6.58 Å². The number of halogens is 3. The monoisotopic (exact) mass is 188 g/mol. The van der Waals surface area contributed by atoms with E-state index in [4.69, 9.17) is 5.11 Å². The third-order valence-electron chi connectivity index (χ3n) is 1.73. The fourth-order valence-corrected chi connectivity index (χ4v) is 0.986. The zero-order valence-corrected chi connectivity index (χ0v) is 6.87. The van der Waals surface area contributed by atoms with E-state index >= 15 is 0 Å². The maximum Gasteiger partial charge on any atom is 0.188 e. The Hall–Kier alpha value is -1.45. The highest BCUT2D eigenvalue weighted by Crippen LogP contribution is 2.29. The molecule has 0 aliphatic heterocycles. The van der Waals surface area contributed by atoms with Crippen LogP contribution in [0.5, 0.6) is 5.75 Å². The number of aromatic hydroxyl groups is 1. The third-order valence-corrected chi connectivity index (χ3v) is 1.73. The fraction of sp³-hybridized carbons (Fsp3) is 0.111. The molecule has 0 saturated carbocycles. The third kappa shape index (κ3) is 1.52. The highest BCUT2D eigenvalue weighted by Gasteiger charge is 2.16. The summed E-state index contributed by atoms with van der Waals surface area (Å²) in [6, 6.07) is 0.704. The van der Waals surface area contributed by atoms with Crippen LogP contribution in [-0.2, 0) is 0 Å². The molecular weight excluding hydrogens is 181 g/mol. The summed E-state index contributed by atoms with van der Waals surface area (Å²) >= 11 is 0. The molecule has 1 aromatic rings. The second kappa shape index (κ2) is 3.12. The first-order chi connectivity index (χ1) is 5.95. The maximum atomic E-state index is 12.9. The van der Waals surface area contributed by atoms with Gasteiger partial charge in [-0.25, -0.2) is 13.2 Å². The summed E-state index contributed by atoms with van der Waals surface area (Å²) in [6.45, 7) is 4.15. The molecule has 0 bridgehead atoms. The van der Waals surface area contributed by atoms with Gasteiger partial charge >= 0.3 is 0 Å². The Morgan fingerprint density at radius 3 is 2.46 bits per heavy atom. The van der Waals surface area contributed by atoms with Gasteiger partial charge < -0.3 is 5.11 Å². The normalized spacial score (nSPS) is 10.2. The van der Waals surface area contributed by atoms with Gasteiger partial charge in [-0.2, -0.15) is 0 Å². The van der Waals surface area contributed by atoms with Crippen molar-refractivity contribution < 1.29 is 18.3 Å². The van der Waals surface area contributed by atoms with Crippen molar-refractivity contribution in [2.75, 3.05) is 0 Å². The SMILES string of the molecule is C=C(F)c1cc(F)c(O)c(F)c1C. The molecule has 0 radical (unpaired) electrons. The average molecular weight is 188 g/mol. The average Bonchev–Trinajstić information content (AvgIpc) is 2.07.